The van der Waals surface area contributed by atoms with Crippen LogP contribution in [-0.4, -0.2) is 62.0 Å². The van der Waals surface area contributed by atoms with Crippen LogP contribution in [0.3, 0.4) is 0 Å². The number of esters is 1. The molecule has 1 aliphatic rings. The molecule has 1 aromatic rings. The number of benzene rings is 1. The highest BCUT2D eigenvalue weighted by Crippen LogP contribution is 2.21. The van der Waals surface area contributed by atoms with Crippen LogP contribution in [0.15, 0.2) is 24.3 Å². The van der Waals surface area contributed by atoms with Gasteiger partial charge in [0, 0.05) is 12.1 Å². The molecule has 0 N–H and O–H groups in total. The molecule has 8 nitrogen and oxygen atoms in total. The zero-order valence-electron chi connectivity index (χ0n) is 16.0. The van der Waals surface area contributed by atoms with Crippen molar-refractivity contribution < 1.29 is 27.5 Å². The quantitative estimate of drug-likeness (QED) is 0.596. The highest BCUT2D eigenvalue weighted by atomic mass is 32.2. The molecule has 1 amide bonds. The van der Waals surface area contributed by atoms with E-state index in [0.717, 1.165) is 0 Å². The Balaban J connectivity index is 1.91. The molecule has 0 unspecified atom stereocenters. The van der Waals surface area contributed by atoms with E-state index in [0.29, 0.717) is 12.8 Å². The molecule has 9 heteroatoms. The number of nitrogens with zero attached hydrogens (tertiary/aromatic N) is 2. The molecule has 2 atom stereocenters. The Morgan fingerprint density at radius 1 is 1.32 bits per heavy atom. The summed E-state index contributed by atoms with van der Waals surface area (Å²) >= 11 is 0. The summed E-state index contributed by atoms with van der Waals surface area (Å²) in [5.74, 6) is -0.924. The molecule has 1 aromatic carbocycles. The fraction of sp³-hybridized carbons (Fsp3) is 0.526. The van der Waals surface area contributed by atoms with Gasteiger partial charge in [-0.1, -0.05) is 19.1 Å². The van der Waals surface area contributed by atoms with Gasteiger partial charge in [-0.15, -0.1) is 0 Å². The topological polar surface area (TPSA) is 114 Å². The first-order valence-electron chi connectivity index (χ1n) is 9.06. The molecule has 2 rings (SSSR count). The van der Waals surface area contributed by atoms with Crippen LogP contribution in [0.5, 0.6) is 5.75 Å². The predicted molar refractivity (Wildman–Crippen MR) is 101 cm³/mol. The summed E-state index contributed by atoms with van der Waals surface area (Å²) in [6.07, 6.45) is 1.05. The number of para-hydroxylation sites is 1. The van der Waals surface area contributed by atoms with E-state index in [-0.39, 0.29) is 28.9 Å². The lowest BCUT2D eigenvalue weighted by Crippen LogP contribution is -2.48. The lowest BCUT2D eigenvalue weighted by molar-refractivity contribution is -0.155. The average Bonchev–Trinajstić information content (AvgIpc) is 3.03. The number of carbonyl (C=O) groups is 2. The summed E-state index contributed by atoms with van der Waals surface area (Å²) in [4.78, 5) is 26.0. The van der Waals surface area contributed by atoms with Crippen molar-refractivity contribution in [3.8, 4) is 11.8 Å². The third-order valence-electron chi connectivity index (χ3n) is 4.67. The molecule has 0 aromatic heterocycles. The number of carbonyl (C=O) groups excluding carboxylic acids is 2. The van der Waals surface area contributed by atoms with Crippen LogP contribution in [0, 0.1) is 11.3 Å². The van der Waals surface area contributed by atoms with E-state index >= 15 is 0 Å². The van der Waals surface area contributed by atoms with E-state index in [9.17, 15) is 18.0 Å². The van der Waals surface area contributed by atoms with Crippen LogP contribution in [0.4, 0.5) is 0 Å². The normalized spacial score (nSPS) is 18.7. The molecule has 1 fully saturated rings. The van der Waals surface area contributed by atoms with Gasteiger partial charge in [-0.3, -0.25) is 4.79 Å². The van der Waals surface area contributed by atoms with E-state index in [2.05, 4.69) is 0 Å². The predicted octanol–water partition coefficient (Wildman–Crippen LogP) is 1.29. The first-order chi connectivity index (χ1) is 13.3. The Kier molecular flexibility index (Phi) is 7.40. The van der Waals surface area contributed by atoms with E-state index in [1.165, 1.54) is 4.90 Å². The molecule has 1 saturated heterocycles. The zero-order chi connectivity index (χ0) is 20.7. The van der Waals surface area contributed by atoms with Crippen molar-refractivity contribution in [1.29, 1.82) is 5.26 Å². The van der Waals surface area contributed by atoms with Gasteiger partial charge >= 0.3 is 5.97 Å². The van der Waals surface area contributed by atoms with Gasteiger partial charge in [0.15, 0.2) is 23.1 Å². The third-order valence-corrected chi connectivity index (χ3v) is 6.42. The Hall–Kier alpha value is -2.60. The Morgan fingerprint density at radius 2 is 2.04 bits per heavy atom. The maximum absolute atomic E-state index is 12.6. The van der Waals surface area contributed by atoms with Crippen molar-refractivity contribution in [1.82, 2.24) is 4.90 Å². The van der Waals surface area contributed by atoms with Gasteiger partial charge in [0.25, 0.3) is 5.91 Å². The number of rotatable bonds is 8. The SMILES string of the molecule is CC[C@H](C)N(C(=O)COC(=O)COc1ccccc1C#N)[C@H]1CCS(=O)(=O)C1. The van der Waals surface area contributed by atoms with E-state index in [4.69, 9.17) is 14.7 Å². The van der Waals surface area contributed by atoms with Gasteiger partial charge in [0.1, 0.15) is 11.8 Å². The first kappa shape index (κ1) is 21.7. The Labute approximate surface area is 164 Å². The van der Waals surface area contributed by atoms with Gasteiger partial charge in [0.05, 0.1) is 17.1 Å². The second-order valence-electron chi connectivity index (χ2n) is 6.67. The number of sulfone groups is 1. The zero-order valence-corrected chi connectivity index (χ0v) is 16.8. The number of hydrogen-bond acceptors (Lipinski definition) is 7. The lowest BCUT2D eigenvalue weighted by atomic mass is 10.1. The Morgan fingerprint density at radius 3 is 2.64 bits per heavy atom. The van der Waals surface area contributed by atoms with Gasteiger partial charge in [-0.2, -0.15) is 5.26 Å². The summed E-state index contributed by atoms with van der Waals surface area (Å²) in [6.45, 7) is 2.82. The first-order valence-corrected chi connectivity index (χ1v) is 10.9. The largest absolute Gasteiger partial charge is 0.481 e. The second kappa shape index (κ2) is 9.55. The van der Waals surface area contributed by atoms with Crippen LogP contribution in [-0.2, 0) is 24.2 Å². The Bertz CT molecular complexity index is 861. The fourth-order valence-corrected chi connectivity index (χ4v) is 4.79. The van der Waals surface area contributed by atoms with E-state index in [1.54, 1.807) is 24.3 Å². The minimum absolute atomic E-state index is 0.0593. The number of amides is 1. The molecule has 0 radical (unpaired) electrons. The van der Waals surface area contributed by atoms with Crippen molar-refractivity contribution >= 4 is 21.7 Å². The molecule has 152 valence electrons. The molecule has 0 spiro atoms. The number of ether oxygens (including phenoxy) is 2. The maximum atomic E-state index is 12.6. The standard InChI is InChI=1S/C19H24N2O6S/c1-3-14(2)21(16-8-9-28(24,25)13-16)18(22)11-27-19(23)12-26-17-7-5-4-6-15(17)10-20/h4-7,14,16H,3,8-9,11-13H2,1-2H3/t14-,16-/m0/s1. The molecule has 1 heterocycles. The summed E-state index contributed by atoms with van der Waals surface area (Å²) in [5.41, 5.74) is 0.289. The number of nitriles is 1. The van der Waals surface area contributed by atoms with Crippen molar-refractivity contribution in [2.45, 2.75) is 38.8 Å². The summed E-state index contributed by atoms with van der Waals surface area (Å²) in [6, 6.07) is 7.86. The molecular weight excluding hydrogens is 384 g/mol. The van der Waals surface area contributed by atoms with E-state index in [1.807, 2.05) is 19.9 Å². The van der Waals surface area contributed by atoms with Crippen molar-refractivity contribution in [2.24, 2.45) is 0 Å². The van der Waals surface area contributed by atoms with E-state index < -0.39 is 41.0 Å². The summed E-state index contributed by atoms with van der Waals surface area (Å²) in [5, 5.41) is 9.00. The summed E-state index contributed by atoms with van der Waals surface area (Å²) in [7, 11) is -3.14. The van der Waals surface area contributed by atoms with Crippen LogP contribution in [0.1, 0.15) is 32.3 Å². The molecule has 0 bridgehead atoms. The number of hydrogen-bond donors (Lipinski definition) is 0. The average molecular weight is 408 g/mol. The van der Waals surface area contributed by atoms with Crippen molar-refractivity contribution in [3.63, 3.8) is 0 Å². The van der Waals surface area contributed by atoms with Crippen LogP contribution < -0.4 is 4.74 Å². The molecule has 28 heavy (non-hydrogen) atoms. The summed E-state index contributed by atoms with van der Waals surface area (Å²) < 4.78 is 33.8. The van der Waals surface area contributed by atoms with Crippen molar-refractivity contribution in [2.75, 3.05) is 24.7 Å². The molecule has 0 saturated carbocycles. The monoisotopic (exact) mass is 408 g/mol. The van der Waals surface area contributed by atoms with Crippen LogP contribution in [0.2, 0.25) is 0 Å². The highest BCUT2D eigenvalue weighted by molar-refractivity contribution is 7.91. The van der Waals surface area contributed by atoms with Gasteiger partial charge in [-0.25, -0.2) is 13.2 Å². The van der Waals surface area contributed by atoms with Gasteiger partial charge in [-0.05, 0) is 31.9 Å². The van der Waals surface area contributed by atoms with Crippen molar-refractivity contribution in [3.05, 3.63) is 29.8 Å². The minimum Gasteiger partial charge on any atom is -0.481 e. The minimum atomic E-state index is -3.14. The molecule has 0 aliphatic carbocycles. The van der Waals surface area contributed by atoms with Crippen LogP contribution in [0.25, 0.3) is 0 Å². The smallest absolute Gasteiger partial charge is 0.344 e. The van der Waals surface area contributed by atoms with Crippen LogP contribution >= 0.6 is 0 Å². The third kappa shape index (κ3) is 5.70. The molecular formula is C19H24N2O6S. The molecule has 1 aliphatic heterocycles. The maximum Gasteiger partial charge on any atom is 0.344 e. The lowest BCUT2D eigenvalue weighted by Gasteiger charge is -2.33. The van der Waals surface area contributed by atoms with Gasteiger partial charge < -0.3 is 14.4 Å². The van der Waals surface area contributed by atoms with Gasteiger partial charge in [0.2, 0.25) is 0 Å². The highest BCUT2D eigenvalue weighted by Gasteiger charge is 2.36. The fourth-order valence-electron chi connectivity index (χ4n) is 3.08. The second-order valence-corrected chi connectivity index (χ2v) is 8.90.